The van der Waals surface area contributed by atoms with Gasteiger partial charge in [-0.2, -0.15) is 13.2 Å². The molecule has 2 N–H and O–H groups in total. The van der Waals surface area contributed by atoms with Gasteiger partial charge in [0.15, 0.2) is 0 Å². The zero-order valence-electron chi connectivity index (χ0n) is 10.0. The Morgan fingerprint density at radius 1 is 1.39 bits per heavy atom. The third-order valence-electron chi connectivity index (χ3n) is 2.73. The minimum atomic E-state index is -4.56. The smallest absolute Gasteiger partial charge is 0.384 e. The zero-order chi connectivity index (χ0) is 13.3. The summed E-state index contributed by atoms with van der Waals surface area (Å²) in [6.07, 6.45) is -1.73. The van der Waals surface area contributed by atoms with Crippen LogP contribution in [-0.2, 0) is 6.18 Å². The van der Waals surface area contributed by atoms with Crippen molar-refractivity contribution in [3.05, 3.63) is 11.9 Å². The van der Waals surface area contributed by atoms with Crippen molar-refractivity contribution in [1.82, 2.24) is 9.97 Å². The van der Waals surface area contributed by atoms with E-state index in [1.165, 1.54) is 6.07 Å². The molecule has 0 radical (unpaired) electrons. The van der Waals surface area contributed by atoms with Crippen LogP contribution in [0.15, 0.2) is 6.07 Å². The lowest BCUT2D eigenvalue weighted by Crippen LogP contribution is -2.28. The molecule has 1 saturated carbocycles. The molecule has 7 heteroatoms. The van der Waals surface area contributed by atoms with E-state index in [0.717, 1.165) is 19.3 Å². The number of nitrogens with two attached hydrogens (primary N) is 1. The predicted octanol–water partition coefficient (Wildman–Crippen LogP) is 2.46. The minimum Gasteiger partial charge on any atom is -0.384 e. The fourth-order valence-corrected chi connectivity index (χ4v) is 1.84. The van der Waals surface area contributed by atoms with Crippen LogP contribution in [0, 0.1) is 0 Å². The van der Waals surface area contributed by atoms with E-state index < -0.39 is 12.0 Å². The predicted molar refractivity (Wildman–Crippen MR) is 62.1 cm³/mol. The molecule has 1 aromatic rings. The largest absolute Gasteiger partial charge is 0.451 e. The van der Waals surface area contributed by atoms with Crippen molar-refractivity contribution < 1.29 is 13.2 Å². The second kappa shape index (κ2) is 4.62. The Balaban J connectivity index is 2.34. The number of nitrogens with zero attached hydrogens (tertiary/aromatic N) is 3. The molecule has 0 atom stereocenters. The zero-order valence-corrected chi connectivity index (χ0v) is 10.0. The molecule has 1 fully saturated rings. The Morgan fingerprint density at radius 2 is 2.06 bits per heavy atom. The number of halogens is 3. The van der Waals surface area contributed by atoms with Gasteiger partial charge in [0.1, 0.15) is 11.6 Å². The molecule has 0 amide bonds. The van der Waals surface area contributed by atoms with Crippen LogP contribution < -0.4 is 10.6 Å². The first kappa shape index (κ1) is 12.9. The Labute approximate surface area is 103 Å². The van der Waals surface area contributed by atoms with E-state index >= 15 is 0 Å². The van der Waals surface area contributed by atoms with Crippen molar-refractivity contribution in [1.29, 1.82) is 0 Å². The summed E-state index contributed by atoms with van der Waals surface area (Å²) in [6, 6.07) is 1.70. The van der Waals surface area contributed by atoms with Gasteiger partial charge in [0.25, 0.3) is 0 Å². The highest BCUT2D eigenvalue weighted by Gasteiger charge is 2.37. The van der Waals surface area contributed by atoms with E-state index in [4.69, 9.17) is 5.73 Å². The summed E-state index contributed by atoms with van der Waals surface area (Å²) in [6.45, 7) is 2.66. The first-order valence-corrected chi connectivity index (χ1v) is 5.90. The number of aromatic nitrogens is 2. The van der Waals surface area contributed by atoms with E-state index in [9.17, 15) is 13.2 Å². The van der Waals surface area contributed by atoms with Crippen LogP contribution in [0.2, 0.25) is 0 Å². The van der Waals surface area contributed by atoms with Crippen molar-refractivity contribution >= 4 is 11.6 Å². The summed E-state index contributed by atoms with van der Waals surface area (Å²) in [5.41, 5.74) is 5.43. The summed E-state index contributed by atoms with van der Waals surface area (Å²) < 4.78 is 37.8. The first-order valence-electron chi connectivity index (χ1n) is 5.90. The van der Waals surface area contributed by atoms with Gasteiger partial charge >= 0.3 is 6.18 Å². The second-order valence-electron chi connectivity index (χ2n) is 4.40. The monoisotopic (exact) mass is 260 g/mol. The fourth-order valence-electron chi connectivity index (χ4n) is 1.84. The SMILES string of the molecule is CCCN(c1cc(N)nc(C(F)(F)F)n1)C1CC1. The highest BCUT2D eigenvalue weighted by atomic mass is 19.4. The topological polar surface area (TPSA) is 55.0 Å². The van der Waals surface area contributed by atoms with Gasteiger partial charge in [0.2, 0.25) is 5.82 Å². The first-order chi connectivity index (χ1) is 8.41. The number of alkyl halides is 3. The van der Waals surface area contributed by atoms with Crippen LogP contribution in [0.3, 0.4) is 0 Å². The normalized spacial score (nSPS) is 15.8. The maximum absolute atomic E-state index is 12.6. The molecule has 4 nitrogen and oxygen atoms in total. The molecule has 0 aliphatic heterocycles. The molecule has 0 unspecified atom stereocenters. The lowest BCUT2D eigenvalue weighted by Gasteiger charge is -2.23. The molecule has 18 heavy (non-hydrogen) atoms. The van der Waals surface area contributed by atoms with Crippen LogP contribution >= 0.6 is 0 Å². The molecule has 1 aromatic heterocycles. The average molecular weight is 260 g/mol. The van der Waals surface area contributed by atoms with Gasteiger partial charge < -0.3 is 10.6 Å². The summed E-state index contributed by atoms with van der Waals surface area (Å²) in [4.78, 5) is 8.72. The lowest BCUT2D eigenvalue weighted by atomic mass is 10.3. The number of hydrogen-bond acceptors (Lipinski definition) is 4. The number of anilines is 2. The Kier molecular flexibility index (Phi) is 3.32. The molecule has 2 rings (SSSR count). The van der Waals surface area contributed by atoms with Crippen molar-refractivity contribution in [2.75, 3.05) is 17.2 Å². The van der Waals surface area contributed by atoms with Gasteiger partial charge in [-0.3, -0.25) is 0 Å². The number of nitrogen functional groups attached to an aromatic ring is 1. The van der Waals surface area contributed by atoms with Gasteiger partial charge in [-0.25, -0.2) is 9.97 Å². The Hall–Kier alpha value is -1.53. The molecule has 1 aliphatic rings. The number of hydrogen-bond donors (Lipinski definition) is 1. The Bertz CT molecular complexity index is 429. The van der Waals surface area contributed by atoms with Crippen LogP contribution in [-0.4, -0.2) is 22.6 Å². The van der Waals surface area contributed by atoms with Crippen LogP contribution in [0.5, 0.6) is 0 Å². The van der Waals surface area contributed by atoms with Crippen molar-refractivity contribution in [2.45, 2.75) is 38.4 Å². The highest BCUT2D eigenvalue weighted by Crippen LogP contribution is 2.33. The Morgan fingerprint density at radius 3 is 2.56 bits per heavy atom. The lowest BCUT2D eigenvalue weighted by molar-refractivity contribution is -0.144. The van der Waals surface area contributed by atoms with Gasteiger partial charge in [0, 0.05) is 18.7 Å². The van der Waals surface area contributed by atoms with E-state index in [0.29, 0.717) is 12.6 Å². The van der Waals surface area contributed by atoms with Crippen molar-refractivity contribution in [3.8, 4) is 0 Å². The summed E-state index contributed by atoms with van der Waals surface area (Å²) in [7, 11) is 0. The van der Waals surface area contributed by atoms with Gasteiger partial charge in [-0.15, -0.1) is 0 Å². The summed E-state index contributed by atoms with van der Waals surface area (Å²) in [5.74, 6) is -1.03. The quantitative estimate of drug-likeness (QED) is 0.903. The van der Waals surface area contributed by atoms with E-state index in [-0.39, 0.29) is 11.6 Å². The van der Waals surface area contributed by atoms with Gasteiger partial charge in [0.05, 0.1) is 0 Å². The van der Waals surface area contributed by atoms with E-state index in [1.54, 1.807) is 0 Å². The minimum absolute atomic E-state index is 0.144. The number of rotatable bonds is 4. The summed E-state index contributed by atoms with van der Waals surface area (Å²) in [5, 5.41) is 0. The molecule has 1 heterocycles. The molecule has 1 aliphatic carbocycles. The maximum Gasteiger partial charge on any atom is 0.451 e. The van der Waals surface area contributed by atoms with E-state index in [1.807, 2.05) is 11.8 Å². The van der Waals surface area contributed by atoms with Crippen molar-refractivity contribution in [2.24, 2.45) is 0 Å². The standard InChI is InChI=1S/C11H15F3N4/c1-2-5-18(7-3-4-7)9-6-8(15)16-10(17-9)11(12,13)14/h6-7H,2-5H2,1H3,(H2,15,16,17). The van der Waals surface area contributed by atoms with E-state index in [2.05, 4.69) is 9.97 Å². The summed E-state index contributed by atoms with van der Waals surface area (Å²) >= 11 is 0. The molecule has 0 spiro atoms. The van der Waals surface area contributed by atoms with Gasteiger partial charge in [-0.1, -0.05) is 6.92 Å². The molecular weight excluding hydrogens is 245 g/mol. The second-order valence-corrected chi connectivity index (χ2v) is 4.40. The van der Waals surface area contributed by atoms with Gasteiger partial charge in [-0.05, 0) is 19.3 Å². The third kappa shape index (κ3) is 2.83. The van der Waals surface area contributed by atoms with Crippen LogP contribution in [0.4, 0.5) is 24.8 Å². The highest BCUT2D eigenvalue weighted by molar-refractivity contribution is 5.49. The third-order valence-corrected chi connectivity index (χ3v) is 2.73. The average Bonchev–Trinajstić information content (AvgIpc) is 3.07. The van der Waals surface area contributed by atoms with Crippen LogP contribution in [0.25, 0.3) is 0 Å². The maximum atomic E-state index is 12.6. The van der Waals surface area contributed by atoms with Crippen molar-refractivity contribution in [3.63, 3.8) is 0 Å². The fraction of sp³-hybridized carbons (Fsp3) is 0.636. The molecule has 100 valence electrons. The molecular formula is C11H15F3N4. The molecule has 0 bridgehead atoms. The molecule has 0 saturated heterocycles. The van der Waals surface area contributed by atoms with Crippen LogP contribution in [0.1, 0.15) is 32.0 Å². The molecule has 0 aromatic carbocycles.